The van der Waals surface area contributed by atoms with Gasteiger partial charge in [0.15, 0.2) is 0 Å². The Hall–Kier alpha value is -1.59. The normalized spacial score (nSPS) is 23.2. The van der Waals surface area contributed by atoms with E-state index < -0.39 is 31.4 Å². The lowest BCUT2D eigenvalue weighted by Gasteiger charge is -2.38. The smallest absolute Gasteiger partial charge is 0.306 e. The summed E-state index contributed by atoms with van der Waals surface area (Å²) in [4.78, 5) is 2.14. The molecule has 0 aliphatic heterocycles. The number of nitrogens with zero attached hydrogens (tertiary/aromatic N) is 1. The molecule has 1 nitrogen and oxygen atoms in total. The van der Waals surface area contributed by atoms with E-state index in [-0.39, 0.29) is 11.7 Å². The number of benzene rings is 2. The van der Waals surface area contributed by atoms with Crippen LogP contribution in [0.25, 0.3) is 0 Å². The van der Waals surface area contributed by atoms with Gasteiger partial charge in [0.1, 0.15) is 0 Å². The maximum absolute atomic E-state index is 13.1. The summed E-state index contributed by atoms with van der Waals surface area (Å²) >= 11 is 0. The zero-order chi connectivity index (χ0) is 23.8. The molecule has 0 heterocycles. The fourth-order valence-corrected chi connectivity index (χ4v) is 8.06. The molecule has 0 saturated heterocycles. The van der Waals surface area contributed by atoms with E-state index in [1.54, 1.807) is 0 Å². The molecule has 1 aliphatic carbocycles. The Bertz CT molecular complexity index is 831. The standard InChI is InChI=1S/C24H28F6NP/c1-15-5-14-21(16(2)31(3)4)22(15)32(19-10-6-17(7-11-19)23(25,26)27)20-12-8-18(9-13-20)24(28,29)30/h6-13,15-16,21-22H,5,14H2,1-4H3/t15?,16-,21?,22?/m1/s1. The molecule has 4 atom stereocenters. The second kappa shape index (κ2) is 9.34. The summed E-state index contributed by atoms with van der Waals surface area (Å²) in [6, 6.07) is 10.6. The Kier molecular flexibility index (Phi) is 7.31. The van der Waals surface area contributed by atoms with Crippen molar-refractivity contribution in [3.8, 4) is 0 Å². The SMILES string of the molecule is CC1CCC([C@@H](C)N(C)C)C1P(c1ccc(C(F)(F)F)cc1)c1ccc(C(F)(F)F)cc1. The van der Waals surface area contributed by atoms with Crippen LogP contribution >= 0.6 is 7.92 Å². The summed E-state index contributed by atoms with van der Waals surface area (Å²) in [6.45, 7) is 4.29. The minimum Gasteiger partial charge on any atom is -0.306 e. The van der Waals surface area contributed by atoms with Crippen LogP contribution in [0.2, 0.25) is 0 Å². The molecule has 1 fully saturated rings. The highest BCUT2D eigenvalue weighted by Gasteiger charge is 2.43. The quantitative estimate of drug-likeness (QED) is 0.352. The number of halogens is 6. The van der Waals surface area contributed by atoms with Gasteiger partial charge in [0, 0.05) is 6.04 Å². The van der Waals surface area contributed by atoms with Crippen LogP contribution in [0, 0.1) is 11.8 Å². The largest absolute Gasteiger partial charge is 0.416 e. The van der Waals surface area contributed by atoms with Gasteiger partial charge in [-0.25, -0.2) is 0 Å². The van der Waals surface area contributed by atoms with Crippen LogP contribution in [0.3, 0.4) is 0 Å². The Morgan fingerprint density at radius 2 is 1.19 bits per heavy atom. The minimum atomic E-state index is -4.43. The van der Waals surface area contributed by atoms with Crippen molar-refractivity contribution in [1.29, 1.82) is 0 Å². The summed E-state index contributed by atoms with van der Waals surface area (Å²) in [5, 5.41) is 1.53. The highest BCUT2D eigenvalue weighted by atomic mass is 31.1. The fourth-order valence-electron chi connectivity index (χ4n) is 4.69. The van der Waals surface area contributed by atoms with Gasteiger partial charge >= 0.3 is 12.4 Å². The third kappa shape index (κ3) is 5.31. The fraction of sp³-hybridized carbons (Fsp3) is 0.500. The highest BCUT2D eigenvalue weighted by Crippen LogP contribution is 2.54. The van der Waals surface area contributed by atoms with E-state index in [0.29, 0.717) is 11.8 Å². The summed E-state index contributed by atoms with van der Waals surface area (Å²) in [5.41, 5.74) is -1.28. The molecule has 2 aromatic rings. The van der Waals surface area contributed by atoms with E-state index in [1.807, 2.05) is 14.1 Å². The number of rotatable bonds is 5. The summed E-state index contributed by atoms with van der Waals surface area (Å²) in [7, 11) is 2.86. The van der Waals surface area contributed by atoms with Crippen molar-refractivity contribution in [2.75, 3.05) is 14.1 Å². The lowest BCUT2D eigenvalue weighted by Crippen LogP contribution is -2.39. The Morgan fingerprint density at radius 3 is 1.53 bits per heavy atom. The van der Waals surface area contributed by atoms with Crippen LogP contribution < -0.4 is 10.6 Å². The first-order valence-electron chi connectivity index (χ1n) is 10.6. The van der Waals surface area contributed by atoms with Gasteiger partial charge in [0.25, 0.3) is 0 Å². The first-order valence-corrected chi connectivity index (χ1v) is 12.0. The molecule has 8 heteroatoms. The van der Waals surface area contributed by atoms with E-state index in [2.05, 4.69) is 18.7 Å². The first kappa shape index (κ1) is 25.0. The Labute approximate surface area is 186 Å². The van der Waals surface area contributed by atoms with E-state index >= 15 is 0 Å². The van der Waals surface area contributed by atoms with Crippen molar-refractivity contribution in [2.45, 2.75) is 50.7 Å². The average Bonchev–Trinajstić information content (AvgIpc) is 3.08. The summed E-state index contributed by atoms with van der Waals surface area (Å²) in [6.07, 6.45) is -6.88. The van der Waals surface area contributed by atoms with Gasteiger partial charge in [-0.05, 0) is 94.2 Å². The van der Waals surface area contributed by atoms with Crippen molar-refractivity contribution >= 4 is 18.5 Å². The molecule has 1 saturated carbocycles. The Balaban J connectivity index is 2.09. The molecule has 1 aliphatic rings. The van der Waals surface area contributed by atoms with Gasteiger partial charge in [0.2, 0.25) is 0 Å². The lowest BCUT2D eigenvalue weighted by molar-refractivity contribution is -0.138. The van der Waals surface area contributed by atoms with Gasteiger partial charge in [-0.15, -0.1) is 0 Å². The second-order valence-corrected chi connectivity index (χ2v) is 11.2. The molecule has 3 unspecified atom stereocenters. The maximum atomic E-state index is 13.1. The minimum absolute atomic E-state index is 0.163. The molecule has 0 N–H and O–H groups in total. The molecule has 2 aromatic carbocycles. The maximum Gasteiger partial charge on any atom is 0.416 e. The molecule has 0 bridgehead atoms. The number of hydrogen-bond donors (Lipinski definition) is 0. The molecular formula is C24H28F6NP. The molecule has 0 spiro atoms. The lowest BCUT2D eigenvalue weighted by atomic mass is 9.97. The molecule has 3 rings (SSSR count). The number of hydrogen-bond acceptors (Lipinski definition) is 1. The van der Waals surface area contributed by atoms with Crippen molar-refractivity contribution in [3.05, 3.63) is 59.7 Å². The predicted octanol–water partition coefficient (Wildman–Crippen LogP) is 6.52. The Morgan fingerprint density at radius 1 is 0.781 bits per heavy atom. The zero-order valence-corrected chi connectivity index (χ0v) is 19.4. The first-order chi connectivity index (χ1) is 14.8. The van der Waals surface area contributed by atoms with Crippen molar-refractivity contribution in [2.24, 2.45) is 11.8 Å². The third-order valence-corrected chi connectivity index (χ3v) is 9.85. The van der Waals surface area contributed by atoms with Gasteiger partial charge in [-0.2, -0.15) is 26.3 Å². The van der Waals surface area contributed by atoms with Gasteiger partial charge in [-0.1, -0.05) is 31.2 Å². The average molecular weight is 475 g/mol. The van der Waals surface area contributed by atoms with Crippen LogP contribution in [0.4, 0.5) is 26.3 Å². The molecule has 0 amide bonds. The monoisotopic (exact) mass is 475 g/mol. The van der Waals surface area contributed by atoms with Crippen LogP contribution in [-0.4, -0.2) is 30.7 Å². The predicted molar refractivity (Wildman–Crippen MR) is 118 cm³/mol. The number of alkyl halides is 6. The van der Waals surface area contributed by atoms with E-state index in [1.165, 1.54) is 24.3 Å². The third-order valence-electron chi connectivity index (χ3n) is 6.65. The van der Waals surface area contributed by atoms with Crippen molar-refractivity contribution < 1.29 is 26.3 Å². The summed E-state index contributed by atoms with van der Waals surface area (Å²) in [5.74, 6) is 0.619. The molecule has 32 heavy (non-hydrogen) atoms. The topological polar surface area (TPSA) is 3.24 Å². The molecule has 0 radical (unpaired) electrons. The zero-order valence-electron chi connectivity index (χ0n) is 18.5. The molecule has 176 valence electrons. The van der Waals surface area contributed by atoms with E-state index in [0.717, 1.165) is 47.7 Å². The van der Waals surface area contributed by atoms with Crippen LogP contribution in [0.15, 0.2) is 48.5 Å². The van der Waals surface area contributed by atoms with Crippen molar-refractivity contribution in [1.82, 2.24) is 4.90 Å². The molecule has 0 aromatic heterocycles. The molecular weight excluding hydrogens is 447 g/mol. The van der Waals surface area contributed by atoms with Gasteiger partial charge in [-0.3, -0.25) is 0 Å². The van der Waals surface area contributed by atoms with Crippen LogP contribution in [-0.2, 0) is 12.4 Å². The van der Waals surface area contributed by atoms with Gasteiger partial charge in [0.05, 0.1) is 11.1 Å². The second-order valence-electron chi connectivity index (χ2n) is 8.87. The van der Waals surface area contributed by atoms with Crippen LogP contribution in [0.1, 0.15) is 37.8 Å². The highest BCUT2D eigenvalue weighted by molar-refractivity contribution is 7.73. The summed E-state index contributed by atoms with van der Waals surface area (Å²) < 4.78 is 78.7. The van der Waals surface area contributed by atoms with E-state index in [9.17, 15) is 26.3 Å². The van der Waals surface area contributed by atoms with Crippen LogP contribution in [0.5, 0.6) is 0 Å². The van der Waals surface area contributed by atoms with Crippen molar-refractivity contribution in [3.63, 3.8) is 0 Å². The van der Waals surface area contributed by atoms with E-state index in [4.69, 9.17) is 0 Å². The van der Waals surface area contributed by atoms with Gasteiger partial charge < -0.3 is 4.90 Å².